The fraction of sp³-hybridized carbons (Fsp3) is 0.312. The van der Waals surface area contributed by atoms with Gasteiger partial charge in [0, 0.05) is 19.4 Å². The van der Waals surface area contributed by atoms with Crippen LogP contribution in [0, 0.1) is 0 Å². The van der Waals surface area contributed by atoms with Crippen LogP contribution in [0.1, 0.15) is 23.2 Å². The molecule has 114 valence electrons. The van der Waals surface area contributed by atoms with Crippen LogP contribution in [0.4, 0.5) is 5.69 Å². The van der Waals surface area contributed by atoms with Gasteiger partial charge >= 0.3 is 5.97 Å². The summed E-state index contributed by atoms with van der Waals surface area (Å²) >= 11 is 0. The number of nitrogens with zero attached hydrogens (tertiary/aromatic N) is 2. The van der Waals surface area contributed by atoms with Gasteiger partial charge in [-0.2, -0.15) is 0 Å². The van der Waals surface area contributed by atoms with E-state index in [-0.39, 0.29) is 31.2 Å². The van der Waals surface area contributed by atoms with Crippen LogP contribution in [0.15, 0.2) is 36.9 Å². The number of anilines is 1. The molecule has 2 aliphatic heterocycles. The SMILES string of the molecule is C=CCN1C(=O)c2ccccc2N2C(=O)CC[C@@]12C(=O)OC. The molecule has 1 atom stereocenters. The molecule has 2 amide bonds. The third kappa shape index (κ3) is 1.63. The Balaban J connectivity index is 2.28. The Hall–Kier alpha value is -2.63. The summed E-state index contributed by atoms with van der Waals surface area (Å²) in [5.41, 5.74) is -0.550. The van der Waals surface area contributed by atoms with Crippen LogP contribution in [-0.4, -0.2) is 42.0 Å². The van der Waals surface area contributed by atoms with Crippen molar-refractivity contribution in [3.63, 3.8) is 0 Å². The van der Waals surface area contributed by atoms with Gasteiger partial charge in [0.2, 0.25) is 11.6 Å². The van der Waals surface area contributed by atoms with Gasteiger partial charge < -0.3 is 9.64 Å². The van der Waals surface area contributed by atoms with Gasteiger partial charge in [-0.3, -0.25) is 14.5 Å². The highest BCUT2D eigenvalue weighted by atomic mass is 16.5. The number of fused-ring (bicyclic) bond motifs is 3. The first kappa shape index (κ1) is 14.3. The quantitative estimate of drug-likeness (QED) is 0.624. The minimum Gasteiger partial charge on any atom is -0.466 e. The van der Waals surface area contributed by atoms with Crippen molar-refractivity contribution < 1.29 is 19.1 Å². The van der Waals surface area contributed by atoms with E-state index in [1.165, 1.54) is 23.0 Å². The topological polar surface area (TPSA) is 66.9 Å². The van der Waals surface area contributed by atoms with Crippen molar-refractivity contribution >= 4 is 23.5 Å². The zero-order valence-corrected chi connectivity index (χ0v) is 12.2. The summed E-state index contributed by atoms with van der Waals surface area (Å²) in [4.78, 5) is 40.5. The number of rotatable bonds is 3. The maximum Gasteiger partial charge on any atom is 0.353 e. The molecule has 22 heavy (non-hydrogen) atoms. The van der Waals surface area contributed by atoms with Crippen LogP contribution in [0.25, 0.3) is 0 Å². The highest BCUT2D eigenvalue weighted by Gasteiger charge is 2.61. The molecule has 1 aromatic carbocycles. The molecule has 0 saturated carbocycles. The first-order chi connectivity index (χ1) is 10.6. The van der Waals surface area contributed by atoms with Crippen molar-refractivity contribution in [2.45, 2.75) is 18.5 Å². The summed E-state index contributed by atoms with van der Waals surface area (Å²) in [5, 5.41) is 0. The highest BCUT2D eigenvalue weighted by Crippen LogP contribution is 2.44. The van der Waals surface area contributed by atoms with Crippen molar-refractivity contribution in [1.82, 2.24) is 4.90 Å². The highest BCUT2D eigenvalue weighted by molar-refractivity contribution is 6.15. The third-order valence-corrected chi connectivity index (χ3v) is 4.20. The number of esters is 1. The zero-order valence-electron chi connectivity index (χ0n) is 12.2. The van der Waals surface area contributed by atoms with E-state index in [0.29, 0.717) is 11.3 Å². The van der Waals surface area contributed by atoms with E-state index >= 15 is 0 Å². The van der Waals surface area contributed by atoms with Crippen LogP contribution in [-0.2, 0) is 14.3 Å². The van der Waals surface area contributed by atoms with Gasteiger partial charge in [0.1, 0.15) is 0 Å². The molecule has 2 heterocycles. The van der Waals surface area contributed by atoms with E-state index < -0.39 is 11.6 Å². The summed E-state index contributed by atoms with van der Waals surface area (Å²) in [7, 11) is 1.26. The zero-order chi connectivity index (χ0) is 15.9. The van der Waals surface area contributed by atoms with Gasteiger partial charge in [0.25, 0.3) is 5.91 Å². The van der Waals surface area contributed by atoms with Crippen LogP contribution < -0.4 is 4.90 Å². The minimum absolute atomic E-state index is 0.159. The molecule has 0 bridgehead atoms. The van der Waals surface area contributed by atoms with E-state index in [1.54, 1.807) is 24.3 Å². The first-order valence-corrected chi connectivity index (χ1v) is 7.01. The van der Waals surface area contributed by atoms with E-state index in [2.05, 4.69) is 6.58 Å². The minimum atomic E-state index is -1.41. The van der Waals surface area contributed by atoms with Crippen molar-refractivity contribution in [3.05, 3.63) is 42.5 Å². The number of methoxy groups -OCH3 is 1. The fourth-order valence-electron chi connectivity index (χ4n) is 3.29. The second-order valence-corrected chi connectivity index (χ2v) is 5.26. The molecule has 3 rings (SSSR count). The van der Waals surface area contributed by atoms with Gasteiger partial charge in [-0.05, 0) is 12.1 Å². The molecule has 0 spiro atoms. The maximum atomic E-state index is 12.8. The average Bonchev–Trinajstić information content (AvgIpc) is 2.89. The molecule has 2 aliphatic rings. The summed E-state index contributed by atoms with van der Waals surface area (Å²) in [6.45, 7) is 3.80. The lowest BCUT2D eigenvalue weighted by Gasteiger charge is -2.47. The van der Waals surface area contributed by atoms with Crippen molar-refractivity contribution in [2.75, 3.05) is 18.6 Å². The molecule has 0 aliphatic carbocycles. The Kier molecular flexibility index (Phi) is 3.24. The van der Waals surface area contributed by atoms with E-state index in [0.717, 1.165) is 0 Å². The Bertz CT molecular complexity index is 684. The molecular weight excluding hydrogens is 284 g/mol. The summed E-state index contributed by atoms with van der Waals surface area (Å²) < 4.78 is 4.92. The van der Waals surface area contributed by atoms with E-state index in [4.69, 9.17) is 4.74 Å². The molecule has 0 N–H and O–H groups in total. The van der Waals surface area contributed by atoms with Crippen molar-refractivity contribution in [3.8, 4) is 0 Å². The smallest absolute Gasteiger partial charge is 0.353 e. The largest absolute Gasteiger partial charge is 0.466 e. The third-order valence-electron chi connectivity index (χ3n) is 4.20. The average molecular weight is 300 g/mol. The van der Waals surface area contributed by atoms with E-state index in [9.17, 15) is 14.4 Å². The fourth-order valence-corrected chi connectivity index (χ4v) is 3.29. The Morgan fingerprint density at radius 2 is 2.14 bits per heavy atom. The number of para-hydroxylation sites is 1. The number of hydrogen-bond donors (Lipinski definition) is 0. The number of carbonyl (C=O) groups is 3. The molecule has 1 saturated heterocycles. The summed E-state index contributed by atoms with van der Waals surface area (Å²) in [6.07, 6.45) is 1.94. The van der Waals surface area contributed by atoms with E-state index in [1.807, 2.05) is 0 Å². The predicted octanol–water partition coefficient (Wildman–Crippen LogP) is 1.32. The van der Waals surface area contributed by atoms with Crippen LogP contribution in [0.5, 0.6) is 0 Å². The monoisotopic (exact) mass is 300 g/mol. The van der Waals surface area contributed by atoms with Crippen LogP contribution >= 0.6 is 0 Å². The van der Waals surface area contributed by atoms with Gasteiger partial charge in [0.05, 0.1) is 18.4 Å². The van der Waals surface area contributed by atoms with Crippen molar-refractivity contribution in [2.24, 2.45) is 0 Å². The van der Waals surface area contributed by atoms with Crippen LogP contribution in [0.3, 0.4) is 0 Å². The molecule has 6 nitrogen and oxygen atoms in total. The molecule has 1 fully saturated rings. The molecule has 0 unspecified atom stereocenters. The van der Waals surface area contributed by atoms with Crippen LogP contribution in [0.2, 0.25) is 0 Å². The van der Waals surface area contributed by atoms with Gasteiger partial charge in [0.15, 0.2) is 0 Å². The lowest BCUT2D eigenvalue weighted by Crippen LogP contribution is -2.68. The first-order valence-electron chi connectivity index (χ1n) is 7.01. The Labute approximate surface area is 127 Å². The Morgan fingerprint density at radius 3 is 2.82 bits per heavy atom. The second kappa shape index (κ2) is 4.98. The number of amides is 2. The normalized spacial score (nSPS) is 23.1. The predicted molar refractivity (Wildman–Crippen MR) is 79.1 cm³/mol. The standard InChI is InChI=1S/C16H16N2O4/c1-3-10-17-14(20)11-6-4-5-7-12(11)18-13(19)8-9-16(17,18)15(21)22-2/h3-7H,1,8-10H2,2H3/t16-/m1/s1. The molecule has 0 radical (unpaired) electrons. The molecule has 0 aromatic heterocycles. The molecule has 1 aromatic rings. The lowest BCUT2D eigenvalue weighted by molar-refractivity contribution is -0.153. The number of hydrogen-bond acceptors (Lipinski definition) is 4. The maximum absolute atomic E-state index is 12.8. The number of ether oxygens (including phenoxy) is 1. The van der Waals surface area contributed by atoms with Crippen molar-refractivity contribution in [1.29, 1.82) is 0 Å². The summed E-state index contributed by atoms with van der Waals surface area (Å²) in [5.74, 6) is -1.10. The molecular formula is C16H16N2O4. The summed E-state index contributed by atoms with van der Waals surface area (Å²) in [6, 6.07) is 6.80. The number of carbonyl (C=O) groups excluding carboxylic acids is 3. The molecule has 6 heteroatoms. The Morgan fingerprint density at radius 1 is 1.41 bits per heavy atom. The van der Waals surface area contributed by atoms with Gasteiger partial charge in [-0.1, -0.05) is 18.2 Å². The lowest BCUT2D eigenvalue weighted by atomic mass is 9.96. The van der Waals surface area contributed by atoms with Gasteiger partial charge in [-0.15, -0.1) is 6.58 Å². The second-order valence-electron chi connectivity index (χ2n) is 5.26. The number of benzene rings is 1. The van der Waals surface area contributed by atoms with Gasteiger partial charge in [-0.25, -0.2) is 4.79 Å².